The third-order valence-electron chi connectivity index (χ3n) is 8.56. The number of hydrogen-bond donors (Lipinski definition) is 6. The van der Waals surface area contributed by atoms with E-state index in [1.165, 1.54) is 18.2 Å². The van der Waals surface area contributed by atoms with Crippen molar-refractivity contribution in [2.75, 3.05) is 0 Å². The zero-order valence-electron chi connectivity index (χ0n) is 23.1. The van der Waals surface area contributed by atoms with Gasteiger partial charge in [-0.25, -0.2) is 0 Å². The number of nitrogens with two attached hydrogens (primary N) is 1. The van der Waals surface area contributed by atoms with Gasteiger partial charge in [-0.3, -0.25) is 14.4 Å². The minimum absolute atomic E-state index is 0.0277. The Balaban J connectivity index is 1.48. The lowest BCUT2D eigenvalue weighted by atomic mass is 9.71. The lowest BCUT2D eigenvalue weighted by Crippen LogP contribution is -2.54. The Morgan fingerprint density at radius 3 is 2.44 bits per heavy atom. The number of aliphatic hydroxyl groups excluding tert-OH is 1. The number of ketones is 3. The molecule has 6 atom stereocenters. The highest BCUT2D eigenvalue weighted by Crippen LogP contribution is 2.52. The Morgan fingerprint density at radius 1 is 1.05 bits per heavy atom. The second-order valence-corrected chi connectivity index (χ2v) is 11.4. The van der Waals surface area contributed by atoms with E-state index in [1.54, 1.807) is 42.1 Å². The number of Topliss-reactive ketones (excluding diaryl/α,β-unsaturated/α-hetero) is 1. The first kappa shape index (κ1) is 28.9. The van der Waals surface area contributed by atoms with Crippen LogP contribution in [0.2, 0.25) is 0 Å². The highest BCUT2D eigenvalue weighted by molar-refractivity contribution is 6.31. The molecule has 12 heteroatoms. The molecule has 3 aromatic rings. The Morgan fingerprint density at radius 2 is 1.74 bits per heavy atom. The zero-order valence-corrected chi connectivity index (χ0v) is 23.1. The molecule has 12 nitrogen and oxygen atoms in total. The van der Waals surface area contributed by atoms with Crippen LogP contribution in [0.3, 0.4) is 0 Å². The molecule has 2 aromatic carbocycles. The number of benzene rings is 2. The van der Waals surface area contributed by atoms with Crippen molar-refractivity contribution < 1.29 is 54.0 Å². The molecule has 1 fully saturated rings. The Kier molecular flexibility index (Phi) is 7.06. The van der Waals surface area contributed by atoms with Gasteiger partial charge in [0, 0.05) is 54.1 Å². The number of aliphatic hydroxyl groups is 2. The smallest absolute Gasteiger partial charge is 0.229 e. The summed E-state index contributed by atoms with van der Waals surface area (Å²) in [6.07, 6.45) is -1.63. The maximum absolute atomic E-state index is 13.6. The van der Waals surface area contributed by atoms with Crippen LogP contribution in [-0.2, 0) is 27.2 Å². The number of nitrogens with zero attached hydrogens (tertiary/aromatic N) is 1. The molecule has 1 aliphatic heterocycles. The van der Waals surface area contributed by atoms with Gasteiger partial charge in [-0.05, 0) is 13.0 Å². The minimum Gasteiger partial charge on any atom is -0.507 e. The number of ether oxygens (including phenoxy) is 2. The van der Waals surface area contributed by atoms with E-state index in [2.05, 4.69) is 0 Å². The number of carbonyl (C=O) groups is 3. The van der Waals surface area contributed by atoms with Crippen LogP contribution in [0.4, 0.5) is 0 Å². The summed E-state index contributed by atoms with van der Waals surface area (Å²) in [6, 6.07) is 8.39. The fourth-order valence-corrected chi connectivity index (χ4v) is 6.30. The average molecular weight is 592 g/mol. The van der Waals surface area contributed by atoms with Crippen molar-refractivity contribution in [3.05, 3.63) is 82.2 Å². The molecule has 2 aliphatic carbocycles. The zero-order chi connectivity index (χ0) is 30.8. The summed E-state index contributed by atoms with van der Waals surface area (Å²) in [4.78, 5) is 40.7. The van der Waals surface area contributed by atoms with Crippen LogP contribution in [0, 0.1) is 0 Å². The minimum atomic E-state index is -2.13. The van der Waals surface area contributed by atoms with E-state index < -0.39 is 94.8 Å². The molecule has 0 saturated carbocycles. The molecule has 0 bridgehead atoms. The van der Waals surface area contributed by atoms with E-state index in [1.807, 2.05) is 0 Å². The predicted octanol–water partition coefficient (Wildman–Crippen LogP) is 0.694. The Labute approximate surface area is 245 Å². The monoisotopic (exact) mass is 591 g/mol. The number of carbonyl (C=O) groups excluding carboxylic acids is 3. The molecule has 43 heavy (non-hydrogen) atoms. The first-order valence-electron chi connectivity index (χ1n) is 13.9. The topological polar surface area (TPSA) is 201 Å². The van der Waals surface area contributed by atoms with Gasteiger partial charge in [-0.15, -0.1) is 0 Å². The van der Waals surface area contributed by atoms with E-state index in [-0.39, 0.29) is 35.2 Å². The summed E-state index contributed by atoms with van der Waals surface area (Å²) in [6.45, 7) is 1.37. The normalized spacial score (nSPS) is 28.1. The standard InChI is InChI=1S/C31H30N2O10/c1-14-26(36)17(32)10-21(42-14)43-19-12-31(41,20(35)13-33-8-3-2-4-9-33)11-16-23(19)30(40)25-24(28(16)38)27(37)15-6-5-7-18(34)22(15)29(25)39/h2-9,14,17,19,21,26,36,41H,10-13,32H2,1H3,(H2-,34,37,38,39,40)/p+1/t14-,17-,19?,21-,26+,31?/m0/s1. The maximum atomic E-state index is 13.6. The quantitative estimate of drug-likeness (QED) is 0.141. The molecule has 1 aromatic heterocycles. The van der Waals surface area contributed by atoms with Gasteiger partial charge in [0.15, 0.2) is 24.5 Å². The Hall–Kier alpha value is -4.20. The van der Waals surface area contributed by atoms with Crippen LogP contribution in [0.5, 0.6) is 17.2 Å². The number of aromatic nitrogens is 1. The van der Waals surface area contributed by atoms with Gasteiger partial charge < -0.3 is 40.7 Å². The molecule has 224 valence electrons. The van der Waals surface area contributed by atoms with Crippen molar-refractivity contribution in [1.82, 2.24) is 0 Å². The van der Waals surface area contributed by atoms with E-state index in [4.69, 9.17) is 15.2 Å². The molecule has 0 spiro atoms. The maximum Gasteiger partial charge on any atom is 0.229 e. The van der Waals surface area contributed by atoms with Crippen molar-refractivity contribution in [2.45, 2.75) is 69.0 Å². The summed E-state index contributed by atoms with van der Waals surface area (Å²) in [5.74, 6) is -4.17. The van der Waals surface area contributed by atoms with Crippen molar-refractivity contribution in [1.29, 1.82) is 0 Å². The van der Waals surface area contributed by atoms with Crippen LogP contribution >= 0.6 is 0 Å². The van der Waals surface area contributed by atoms with Crippen LogP contribution in [0.25, 0.3) is 0 Å². The summed E-state index contributed by atoms with van der Waals surface area (Å²) in [5, 5.41) is 55.5. The van der Waals surface area contributed by atoms with E-state index in [0.29, 0.717) is 0 Å². The predicted molar refractivity (Wildman–Crippen MR) is 146 cm³/mol. The number of fused-ring (bicyclic) bond motifs is 3. The molecule has 6 rings (SSSR count). The number of phenolic OH excluding ortho intramolecular Hbond substituents is 3. The molecule has 3 aliphatic rings. The lowest BCUT2D eigenvalue weighted by Gasteiger charge is -2.42. The summed E-state index contributed by atoms with van der Waals surface area (Å²) >= 11 is 0. The summed E-state index contributed by atoms with van der Waals surface area (Å²) < 4.78 is 13.5. The number of hydrogen-bond acceptors (Lipinski definition) is 11. The van der Waals surface area contributed by atoms with E-state index in [9.17, 15) is 39.9 Å². The molecule has 2 unspecified atom stereocenters. The van der Waals surface area contributed by atoms with Crippen molar-refractivity contribution in [3.8, 4) is 17.2 Å². The number of rotatable bonds is 5. The fraction of sp³-hybridized carbons (Fsp3) is 0.355. The van der Waals surface area contributed by atoms with Crippen molar-refractivity contribution in [2.24, 2.45) is 5.73 Å². The van der Waals surface area contributed by atoms with Crippen LogP contribution in [0.1, 0.15) is 68.8 Å². The first-order chi connectivity index (χ1) is 20.4. The average Bonchev–Trinajstić information content (AvgIpc) is 2.96. The number of aromatic hydroxyl groups is 3. The van der Waals surface area contributed by atoms with Gasteiger partial charge in [0.05, 0.1) is 35.0 Å². The van der Waals surface area contributed by atoms with Crippen LogP contribution in [0.15, 0.2) is 48.8 Å². The SMILES string of the molecule is C[C@@H]1O[C@@H](OC2CC(O)(C(=O)C[n+]3ccccc3)Cc3c(O)c4c(c(O)c32)C(=O)c2c(O)cccc2C4=O)C[C@H](N)[C@@H]1O. The second-order valence-electron chi connectivity index (χ2n) is 11.4. The first-order valence-corrected chi connectivity index (χ1v) is 13.9. The molecular weight excluding hydrogens is 560 g/mol. The molecule has 0 amide bonds. The van der Waals surface area contributed by atoms with Crippen molar-refractivity contribution in [3.63, 3.8) is 0 Å². The highest BCUT2D eigenvalue weighted by atomic mass is 16.7. The molecular formula is C31H31N2O10+. The largest absolute Gasteiger partial charge is 0.507 e. The van der Waals surface area contributed by atoms with E-state index in [0.717, 1.165) is 0 Å². The van der Waals surface area contributed by atoms with Gasteiger partial charge in [-0.2, -0.15) is 4.57 Å². The summed E-state index contributed by atoms with van der Waals surface area (Å²) in [5.41, 5.74) is 2.20. The Bertz CT molecular complexity index is 1650. The number of phenols is 3. The van der Waals surface area contributed by atoms with Crippen molar-refractivity contribution >= 4 is 17.3 Å². The van der Waals surface area contributed by atoms with Gasteiger partial charge in [0.1, 0.15) is 22.8 Å². The van der Waals surface area contributed by atoms with Crippen LogP contribution in [-0.4, -0.2) is 73.0 Å². The van der Waals surface area contributed by atoms with Gasteiger partial charge in [0.2, 0.25) is 18.1 Å². The van der Waals surface area contributed by atoms with Gasteiger partial charge in [0.25, 0.3) is 0 Å². The van der Waals surface area contributed by atoms with Gasteiger partial charge in [-0.1, -0.05) is 18.2 Å². The molecule has 1 saturated heterocycles. The third-order valence-corrected chi connectivity index (χ3v) is 8.56. The van der Waals surface area contributed by atoms with Crippen LogP contribution < -0.4 is 10.3 Å². The second kappa shape index (κ2) is 10.5. The fourth-order valence-electron chi connectivity index (χ4n) is 6.30. The number of pyridine rings is 1. The molecule has 0 radical (unpaired) electrons. The highest BCUT2D eigenvalue weighted by Gasteiger charge is 2.51. The lowest BCUT2D eigenvalue weighted by molar-refractivity contribution is -0.685. The van der Waals surface area contributed by atoms with E-state index >= 15 is 0 Å². The molecule has 2 heterocycles. The molecule has 7 N–H and O–H groups in total. The third kappa shape index (κ3) is 4.67. The van der Waals surface area contributed by atoms with Gasteiger partial charge >= 0.3 is 0 Å². The summed E-state index contributed by atoms with van der Waals surface area (Å²) in [7, 11) is 0.